The zero-order chi connectivity index (χ0) is 25.5. The Bertz CT molecular complexity index is 2350. The first-order valence-electron chi connectivity index (χ1n) is 13.3. The summed E-state index contributed by atoms with van der Waals surface area (Å²) in [6.45, 7) is 0. The van der Waals surface area contributed by atoms with Crippen LogP contribution in [0.5, 0.6) is 0 Å². The minimum atomic E-state index is 0.897. The molecule has 0 amide bonds. The van der Waals surface area contributed by atoms with E-state index in [-0.39, 0.29) is 0 Å². The van der Waals surface area contributed by atoms with Crippen LogP contribution in [0.1, 0.15) is 0 Å². The number of fused-ring (bicyclic) bond motifs is 9. The van der Waals surface area contributed by atoms with E-state index >= 15 is 0 Å². The first-order valence-corrected chi connectivity index (χ1v) is 13.3. The van der Waals surface area contributed by atoms with Crippen molar-refractivity contribution in [1.29, 1.82) is 0 Å². The molecule has 0 saturated carbocycles. The molecule has 3 aromatic heterocycles. The van der Waals surface area contributed by atoms with Gasteiger partial charge in [0.1, 0.15) is 11.2 Å². The Morgan fingerprint density at radius 3 is 1.56 bits per heavy atom. The highest BCUT2D eigenvalue weighted by Gasteiger charge is 2.21. The van der Waals surface area contributed by atoms with E-state index in [0.29, 0.717) is 0 Å². The summed E-state index contributed by atoms with van der Waals surface area (Å²) in [6, 6.07) is 47.6. The monoisotopic (exact) mass is 498 g/mol. The quantitative estimate of drug-likeness (QED) is 0.233. The van der Waals surface area contributed by atoms with Gasteiger partial charge in [0.05, 0.1) is 38.8 Å². The Kier molecular flexibility index (Phi) is 4.05. The predicted octanol–water partition coefficient (Wildman–Crippen LogP) is 9.78. The highest BCUT2D eigenvalue weighted by atomic mass is 16.3. The highest BCUT2D eigenvalue weighted by molar-refractivity contribution is 6.17. The Labute approximate surface area is 223 Å². The molecule has 6 aromatic carbocycles. The van der Waals surface area contributed by atoms with Crippen molar-refractivity contribution in [3.8, 4) is 11.4 Å². The molecule has 3 heterocycles. The van der Waals surface area contributed by atoms with Crippen LogP contribution in [0.15, 0.2) is 138 Å². The van der Waals surface area contributed by atoms with Gasteiger partial charge in [0, 0.05) is 26.9 Å². The molecular weight excluding hydrogens is 476 g/mol. The first kappa shape index (κ1) is 20.7. The van der Waals surface area contributed by atoms with Gasteiger partial charge in [-0.3, -0.25) is 0 Å². The highest BCUT2D eigenvalue weighted by Crippen LogP contribution is 2.42. The second kappa shape index (κ2) is 7.62. The SMILES string of the molecule is c1ccc2c(c1)oc1cccc(-n3c4ccccc4c4cccc(-n5c6ccccc6c6ccccc65)c43)c12. The van der Waals surface area contributed by atoms with Crippen molar-refractivity contribution < 1.29 is 4.42 Å². The Balaban J connectivity index is 1.52. The van der Waals surface area contributed by atoms with Crippen LogP contribution in [0.3, 0.4) is 0 Å². The molecule has 0 aliphatic rings. The molecule has 0 N–H and O–H groups in total. The molecule has 0 aliphatic carbocycles. The molecule has 39 heavy (non-hydrogen) atoms. The number of hydrogen-bond acceptors (Lipinski definition) is 1. The molecular formula is C36H22N2O. The number of nitrogens with zero attached hydrogens (tertiary/aromatic N) is 2. The minimum absolute atomic E-state index is 0.897. The van der Waals surface area contributed by atoms with E-state index in [4.69, 9.17) is 4.42 Å². The fourth-order valence-corrected chi connectivity index (χ4v) is 6.56. The molecule has 0 aliphatic heterocycles. The van der Waals surface area contributed by atoms with Crippen molar-refractivity contribution in [3.05, 3.63) is 133 Å². The first-order chi connectivity index (χ1) is 19.4. The zero-order valence-corrected chi connectivity index (χ0v) is 21.0. The second-order valence-corrected chi connectivity index (χ2v) is 10.1. The summed E-state index contributed by atoms with van der Waals surface area (Å²) in [4.78, 5) is 0. The lowest BCUT2D eigenvalue weighted by Gasteiger charge is -2.15. The van der Waals surface area contributed by atoms with Crippen LogP contribution >= 0.6 is 0 Å². The van der Waals surface area contributed by atoms with E-state index in [2.05, 4.69) is 137 Å². The molecule has 0 bridgehead atoms. The van der Waals surface area contributed by atoms with Crippen LogP contribution in [0.4, 0.5) is 0 Å². The van der Waals surface area contributed by atoms with E-state index in [1.54, 1.807) is 0 Å². The van der Waals surface area contributed by atoms with E-state index in [9.17, 15) is 0 Å². The van der Waals surface area contributed by atoms with Gasteiger partial charge in [0.25, 0.3) is 0 Å². The van der Waals surface area contributed by atoms with Gasteiger partial charge >= 0.3 is 0 Å². The maximum absolute atomic E-state index is 6.31. The third-order valence-corrected chi connectivity index (χ3v) is 8.12. The van der Waals surface area contributed by atoms with Crippen molar-refractivity contribution >= 4 is 65.6 Å². The topological polar surface area (TPSA) is 23.0 Å². The fraction of sp³-hybridized carbons (Fsp3) is 0. The molecule has 0 atom stereocenters. The van der Waals surface area contributed by atoms with E-state index in [1.165, 1.54) is 43.6 Å². The lowest BCUT2D eigenvalue weighted by Crippen LogP contribution is -2.01. The summed E-state index contributed by atoms with van der Waals surface area (Å²) in [7, 11) is 0. The van der Waals surface area contributed by atoms with E-state index in [1.807, 2.05) is 6.07 Å². The molecule has 9 rings (SSSR count). The molecule has 0 radical (unpaired) electrons. The number of rotatable bonds is 2. The minimum Gasteiger partial charge on any atom is -0.456 e. The normalized spacial score (nSPS) is 12.1. The van der Waals surface area contributed by atoms with Gasteiger partial charge in [-0.1, -0.05) is 91.0 Å². The lowest BCUT2D eigenvalue weighted by atomic mass is 10.1. The Morgan fingerprint density at radius 2 is 0.846 bits per heavy atom. The number of furan rings is 1. The maximum Gasteiger partial charge on any atom is 0.137 e. The van der Waals surface area contributed by atoms with Crippen LogP contribution in [0.25, 0.3) is 76.9 Å². The largest absolute Gasteiger partial charge is 0.456 e. The average molecular weight is 499 g/mol. The third-order valence-electron chi connectivity index (χ3n) is 8.12. The summed E-state index contributed by atoms with van der Waals surface area (Å²) in [6.07, 6.45) is 0. The van der Waals surface area contributed by atoms with Gasteiger partial charge in [-0.25, -0.2) is 0 Å². The molecule has 0 unspecified atom stereocenters. The summed E-state index contributed by atoms with van der Waals surface area (Å²) >= 11 is 0. The Hall–Kier alpha value is -5.28. The van der Waals surface area contributed by atoms with Crippen molar-refractivity contribution in [2.24, 2.45) is 0 Å². The summed E-state index contributed by atoms with van der Waals surface area (Å²) in [5.41, 5.74) is 8.85. The summed E-state index contributed by atoms with van der Waals surface area (Å²) in [5, 5.41) is 7.25. The third kappa shape index (κ3) is 2.71. The number of benzene rings is 6. The molecule has 9 aromatic rings. The van der Waals surface area contributed by atoms with E-state index < -0.39 is 0 Å². The van der Waals surface area contributed by atoms with Gasteiger partial charge in [0.15, 0.2) is 0 Å². The molecule has 3 nitrogen and oxygen atoms in total. The van der Waals surface area contributed by atoms with Gasteiger partial charge in [0.2, 0.25) is 0 Å². The smallest absolute Gasteiger partial charge is 0.137 e. The van der Waals surface area contributed by atoms with Crippen molar-refractivity contribution in [2.45, 2.75) is 0 Å². The molecule has 0 saturated heterocycles. The molecule has 0 spiro atoms. The number of aromatic nitrogens is 2. The molecule has 0 fully saturated rings. The summed E-state index contributed by atoms with van der Waals surface area (Å²) in [5.74, 6) is 0. The van der Waals surface area contributed by atoms with Gasteiger partial charge in [-0.15, -0.1) is 0 Å². The number of hydrogen-bond donors (Lipinski definition) is 0. The zero-order valence-electron chi connectivity index (χ0n) is 21.0. The summed E-state index contributed by atoms with van der Waals surface area (Å²) < 4.78 is 11.2. The molecule has 182 valence electrons. The van der Waals surface area contributed by atoms with Crippen LogP contribution in [-0.4, -0.2) is 9.13 Å². The van der Waals surface area contributed by atoms with Gasteiger partial charge in [-0.2, -0.15) is 0 Å². The van der Waals surface area contributed by atoms with Crippen molar-refractivity contribution in [3.63, 3.8) is 0 Å². The number of para-hydroxylation sites is 5. The van der Waals surface area contributed by atoms with E-state index in [0.717, 1.165) is 33.3 Å². The second-order valence-electron chi connectivity index (χ2n) is 10.1. The van der Waals surface area contributed by atoms with Gasteiger partial charge < -0.3 is 13.6 Å². The van der Waals surface area contributed by atoms with Crippen LogP contribution in [0.2, 0.25) is 0 Å². The van der Waals surface area contributed by atoms with Crippen LogP contribution in [-0.2, 0) is 0 Å². The van der Waals surface area contributed by atoms with Crippen molar-refractivity contribution in [1.82, 2.24) is 9.13 Å². The molecule has 3 heteroatoms. The average Bonchev–Trinajstić information content (AvgIpc) is 3.65. The maximum atomic E-state index is 6.31. The fourth-order valence-electron chi connectivity index (χ4n) is 6.56. The van der Waals surface area contributed by atoms with Gasteiger partial charge in [-0.05, 0) is 42.5 Å². The van der Waals surface area contributed by atoms with Crippen LogP contribution < -0.4 is 0 Å². The standard InChI is InChI=1S/C36H22N2O/c1-5-16-28-23(11-1)24-12-2-6-17-29(24)37(28)32-20-9-15-26-25-13-3-7-18-30(25)38(36(26)32)31-19-10-22-34-35(31)27-14-4-8-21-33(27)39-34/h1-22H. The van der Waals surface area contributed by atoms with Crippen LogP contribution in [0, 0.1) is 0 Å². The predicted molar refractivity (Wildman–Crippen MR) is 162 cm³/mol. The lowest BCUT2D eigenvalue weighted by molar-refractivity contribution is 0.669. The Morgan fingerprint density at radius 1 is 0.359 bits per heavy atom. The van der Waals surface area contributed by atoms with Crippen molar-refractivity contribution in [2.75, 3.05) is 0 Å².